The molecule has 0 amide bonds. The first-order chi connectivity index (χ1) is 10.0. The lowest BCUT2D eigenvalue weighted by Crippen LogP contribution is -2.16. The van der Waals surface area contributed by atoms with Crippen LogP contribution in [0, 0.1) is 6.92 Å². The third kappa shape index (κ3) is 3.40. The number of carboxylic acids is 1. The van der Waals surface area contributed by atoms with E-state index in [4.69, 9.17) is 5.11 Å². The third-order valence-electron chi connectivity index (χ3n) is 3.56. The average Bonchev–Trinajstić information content (AvgIpc) is 2.46. The van der Waals surface area contributed by atoms with Crippen LogP contribution in [-0.4, -0.2) is 15.6 Å². The summed E-state index contributed by atoms with van der Waals surface area (Å²) in [5.74, 6) is -0.893. The monoisotopic (exact) mass is 285 g/mol. The highest BCUT2D eigenvalue weighted by Gasteiger charge is 2.09. The molecule has 0 saturated heterocycles. The fourth-order valence-electron chi connectivity index (χ4n) is 2.41. The summed E-state index contributed by atoms with van der Waals surface area (Å²) in [6.45, 7) is 3.97. The highest BCUT2D eigenvalue weighted by atomic mass is 16.4. The number of aryl methyl sites for hydroxylation is 3. The van der Waals surface area contributed by atoms with Gasteiger partial charge < -0.3 is 9.67 Å². The van der Waals surface area contributed by atoms with Gasteiger partial charge in [-0.1, -0.05) is 25.1 Å². The summed E-state index contributed by atoms with van der Waals surface area (Å²) in [6, 6.07) is 9.60. The summed E-state index contributed by atoms with van der Waals surface area (Å²) >= 11 is 0. The molecule has 4 nitrogen and oxygen atoms in total. The van der Waals surface area contributed by atoms with E-state index in [9.17, 15) is 9.59 Å². The van der Waals surface area contributed by atoms with Gasteiger partial charge in [0.05, 0.1) is 0 Å². The number of hydrogen-bond donors (Lipinski definition) is 1. The van der Waals surface area contributed by atoms with Crippen LogP contribution in [0.4, 0.5) is 0 Å². The SMILES string of the molecule is CCc1ccccc1-n1cc(CCC(=O)O)c(=O)cc1C. The van der Waals surface area contributed by atoms with Crippen LogP contribution < -0.4 is 5.43 Å². The number of pyridine rings is 1. The van der Waals surface area contributed by atoms with Crippen molar-refractivity contribution < 1.29 is 9.90 Å². The zero-order valence-electron chi connectivity index (χ0n) is 12.3. The second-order valence-corrected chi connectivity index (χ2v) is 5.05. The van der Waals surface area contributed by atoms with Crippen molar-refractivity contribution in [1.29, 1.82) is 0 Å². The van der Waals surface area contributed by atoms with Gasteiger partial charge in [-0.05, 0) is 31.4 Å². The fraction of sp³-hybridized carbons (Fsp3) is 0.294. The Hall–Kier alpha value is -2.36. The van der Waals surface area contributed by atoms with Gasteiger partial charge in [-0.25, -0.2) is 0 Å². The molecule has 1 aromatic heterocycles. The number of carbonyl (C=O) groups is 1. The van der Waals surface area contributed by atoms with Crippen molar-refractivity contribution in [2.45, 2.75) is 33.1 Å². The van der Waals surface area contributed by atoms with Crippen molar-refractivity contribution in [3.63, 3.8) is 0 Å². The molecule has 2 rings (SSSR count). The molecule has 0 radical (unpaired) electrons. The van der Waals surface area contributed by atoms with Crippen LogP contribution in [0.15, 0.2) is 41.3 Å². The van der Waals surface area contributed by atoms with Crippen LogP contribution in [0.25, 0.3) is 5.69 Å². The molecule has 0 spiro atoms. The molecule has 1 aromatic carbocycles. The Balaban J connectivity index is 2.51. The highest BCUT2D eigenvalue weighted by molar-refractivity contribution is 5.67. The van der Waals surface area contributed by atoms with Crippen LogP contribution in [0.5, 0.6) is 0 Å². The van der Waals surface area contributed by atoms with Gasteiger partial charge in [0.1, 0.15) is 0 Å². The van der Waals surface area contributed by atoms with Gasteiger partial charge in [-0.15, -0.1) is 0 Å². The second-order valence-electron chi connectivity index (χ2n) is 5.05. The standard InChI is InChI=1S/C17H19NO3/c1-3-13-6-4-5-7-15(13)18-11-14(8-9-17(20)21)16(19)10-12(18)2/h4-7,10-11H,3,8-9H2,1-2H3,(H,20,21). The minimum absolute atomic E-state index is 0.0340. The van der Waals surface area contributed by atoms with Gasteiger partial charge in [-0.2, -0.15) is 0 Å². The molecule has 0 aliphatic heterocycles. The molecule has 4 heteroatoms. The van der Waals surface area contributed by atoms with Crippen molar-refractivity contribution in [2.24, 2.45) is 0 Å². The topological polar surface area (TPSA) is 59.3 Å². The van der Waals surface area contributed by atoms with Gasteiger partial charge in [0.2, 0.25) is 0 Å². The van der Waals surface area contributed by atoms with E-state index in [1.807, 2.05) is 29.7 Å². The maximum atomic E-state index is 12.0. The Morgan fingerprint density at radius 1 is 1.24 bits per heavy atom. The molecule has 110 valence electrons. The summed E-state index contributed by atoms with van der Waals surface area (Å²) in [5, 5.41) is 8.78. The molecular formula is C17H19NO3. The maximum absolute atomic E-state index is 12.0. The molecule has 2 aromatic rings. The first kappa shape index (κ1) is 15.0. The molecule has 0 bridgehead atoms. The molecule has 0 aliphatic rings. The Kier molecular flexibility index (Phi) is 4.58. The van der Waals surface area contributed by atoms with Gasteiger partial charge in [0.25, 0.3) is 0 Å². The van der Waals surface area contributed by atoms with E-state index in [0.29, 0.717) is 5.56 Å². The molecule has 0 fully saturated rings. The van der Waals surface area contributed by atoms with Crippen LogP contribution in [0.3, 0.4) is 0 Å². The first-order valence-corrected chi connectivity index (χ1v) is 7.05. The maximum Gasteiger partial charge on any atom is 0.303 e. The smallest absolute Gasteiger partial charge is 0.303 e. The highest BCUT2D eigenvalue weighted by Crippen LogP contribution is 2.17. The molecular weight excluding hydrogens is 266 g/mol. The van der Waals surface area contributed by atoms with E-state index in [-0.39, 0.29) is 18.3 Å². The number of rotatable bonds is 5. The molecule has 1 heterocycles. The van der Waals surface area contributed by atoms with Crippen LogP contribution in [0.1, 0.15) is 30.2 Å². The van der Waals surface area contributed by atoms with Gasteiger partial charge >= 0.3 is 5.97 Å². The number of para-hydroxylation sites is 1. The summed E-state index contributed by atoms with van der Waals surface area (Å²) in [5.41, 5.74) is 3.51. The van der Waals surface area contributed by atoms with Crippen molar-refractivity contribution >= 4 is 5.97 Å². The van der Waals surface area contributed by atoms with E-state index in [0.717, 1.165) is 17.8 Å². The molecule has 0 atom stereocenters. The largest absolute Gasteiger partial charge is 0.481 e. The molecule has 1 N–H and O–H groups in total. The summed E-state index contributed by atoms with van der Waals surface area (Å²) < 4.78 is 1.97. The van der Waals surface area contributed by atoms with E-state index in [1.54, 1.807) is 12.3 Å². The predicted molar refractivity (Wildman–Crippen MR) is 82.1 cm³/mol. The van der Waals surface area contributed by atoms with E-state index in [1.165, 1.54) is 5.56 Å². The van der Waals surface area contributed by atoms with Crippen LogP contribution >= 0.6 is 0 Å². The molecule has 0 saturated carbocycles. The van der Waals surface area contributed by atoms with E-state index < -0.39 is 5.97 Å². The number of benzene rings is 1. The number of aromatic nitrogens is 1. The Bertz CT molecular complexity index is 716. The first-order valence-electron chi connectivity index (χ1n) is 7.05. The molecule has 0 aliphatic carbocycles. The van der Waals surface area contributed by atoms with Gasteiger partial charge in [0.15, 0.2) is 5.43 Å². The van der Waals surface area contributed by atoms with E-state index in [2.05, 4.69) is 13.0 Å². The lowest BCUT2D eigenvalue weighted by atomic mass is 10.1. The number of hydrogen-bond acceptors (Lipinski definition) is 2. The molecule has 0 unspecified atom stereocenters. The van der Waals surface area contributed by atoms with Crippen molar-refractivity contribution in [3.05, 3.63) is 63.6 Å². The zero-order valence-corrected chi connectivity index (χ0v) is 12.3. The van der Waals surface area contributed by atoms with Crippen LogP contribution in [-0.2, 0) is 17.6 Å². The van der Waals surface area contributed by atoms with Crippen molar-refractivity contribution in [1.82, 2.24) is 4.57 Å². The number of carboxylic acid groups (broad SMARTS) is 1. The van der Waals surface area contributed by atoms with Crippen LogP contribution in [0.2, 0.25) is 0 Å². The lowest BCUT2D eigenvalue weighted by Gasteiger charge is -2.15. The Morgan fingerprint density at radius 3 is 2.62 bits per heavy atom. The Morgan fingerprint density at radius 2 is 1.95 bits per heavy atom. The lowest BCUT2D eigenvalue weighted by molar-refractivity contribution is -0.136. The minimum Gasteiger partial charge on any atom is -0.481 e. The summed E-state index contributed by atoms with van der Waals surface area (Å²) in [6.07, 6.45) is 2.89. The zero-order chi connectivity index (χ0) is 15.4. The normalized spacial score (nSPS) is 10.6. The molecule has 21 heavy (non-hydrogen) atoms. The second kappa shape index (κ2) is 6.39. The minimum atomic E-state index is -0.893. The quantitative estimate of drug-likeness (QED) is 0.919. The Labute approximate surface area is 123 Å². The van der Waals surface area contributed by atoms with Crippen molar-refractivity contribution in [3.8, 4) is 5.69 Å². The third-order valence-corrected chi connectivity index (χ3v) is 3.56. The fourth-order valence-corrected chi connectivity index (χ4v) is 2.41. The van der Waals surface area contributed by atoms with Gasteiger partial charge in [0, 0.05) is 35.6 Å². The number of nitrogens with zero attached hydrogens (tertiary/aromatic N) is 1. The predicted octanol–water partition coefficient (Wildman–Crippen LogP) is 2.73. The average molecular weight is 285 g/mol. The summed E-state index contributed by atoms with van der Waals surface area (Å²) in [4.78, 5) is 22.7. The van der Waals surface area contributed by atoms with E-state index >= 15 is 0 Å². The van der Waals surface area contributed by atoms with Gasteiger partial charge in [-0.3, -0.25) is 9.59 Å². The summed E-state index contributed by atoms with van der Waals surface area (Å²) in [7, 11) is 0. The number of aliphatic carboxylic acids is 1. The van der Waals surface area contributed by atoms with Crippen molar-refractivity contribution in [2.75, 3.05) is 0 Å².